The fourth-order valence-corrected chi connectivity index (χ4v) is 6.70. The van der Waals surface area contributed by atoms with Crippen molar-refractivity contribution in [2.24, 2.45) is 23.7 Å². The van der Waals surface area contributed by atoms with Crippen molar-refractivity contribution < 1.29 is 34.0 Å². The van der Waals surface area contributed by atoms with Crippen LogP contribution in [-0.2, 0) is 19.0 Å². The molecule has 0 radical (unpaired) electrons. The molecule has 7 heteroatoms. The van der Waals surface area contributed by atoms with Gasteiger partial charge in [-0.3, -0.25) is 0 Å². The van der Waals surface area contributed by atoms with Gasteiger partial charge >= 0.3 is 5.97 Å². The summed E-state index contributed by atoms with van der Waals surface area (Å²) < 4.78 is 21.8. The maximum Gasteiger partial charge on any atom is 0.335 e. The van der Waals surface area contributed by atoms with Crippen LogP contribution in [0.15, 0.2) is 48.6 Å². The van der Waals surface area contributed by atoms with Gasteiger partial charge in [0.1, 0.15) is 5.75 Å². The summed E-state index contributed by atoms with van der Waals surface area (Å²) >= 11 is 0. The summed E-state index contributed by atoms with van der Waals surface area (Å²) in [5.74, 6) is 3.25. The lowest BCUT2D eigenvalue weighted by molar-refractivity contribution is -0.144. The van der Waals surface area contributed by atoms with E-state index in [2.05, 4.69) is 32.2 Å². The van der Waals surface area contributed by atoms with Gasteiger partial charge in [0.2, 0.25) is 0 Å². The van der Waals surface area contributed by atoms with Crippen LogP contribution >= 0.6 is 0 Å². The molecule has 7 nitrogen and oxygen atoms in total. The van der Waals surface area contributed by atoms with Crippen molar-refractivity contribution in [1.82, 2.24) is 0 Å². The molecule has 2 fully saturated rings. The molecule has 1 aromatic carbocycles. The molecule has 3 rings (SSSR count). The molecular weight excluding hydrogens is 544 g/mol. The predicted octanol–water partition coefficient (Wildman–Crippen LogP) is 6.97. The average molecular weight is 601 g/mol. The molecule has 2 aliphatic rings. The highest BCUT2D eigenvalue weighted by Gasteiger charge is 2.31. The van der Waals surface area contributed by atoms with Crippen LogP contribution in [0.25, 0.3) is 0 Å². The maximum absolute atomic E-state index is 12.2. The van der Waals surface area contributed by atoms with E-state index in [-0.39, 0.29) is 50.1 Å². The smallest absolute Gasteiger partial charge is 0.335 e. The van der Waals surface area contributed by atoms with Gasteiger partial charge in [-0.15, -0.1) is 0 Å². The van der Waals surface area contributed by atoms with Crippen molar-refractivity contribution in [3.63, 3.8) is 0 Å². The van der Waals surface area contributed by atoms with Gasteiger partial charge in [-0.05, 0) is 79.9 Å². The molecule has 0 amide bonds. The number of hydrogen-bond acceptors (Lipinski definition) is 7. The number of hydrogen-bond donors (Lipinski definition) is 2. The second-order valence-corrected chi connectivity index (χ2v) is 12.8. The highest BCUT2D eigenvalue weighted by Crippen LogP contribution is 2.44. The van der Waals surface area contributed by atoms with Crippen molar-refractivity contribution in [3.05, 3.63) is 54.1 Å². The van der Waals surface area contributed by atoms with E-state index in [9.17, 15) is 15.0 Å². The lowest BCUT2D eigenvalue weighted by Crippen LogP contribution is -2.29. The Bertz CT molecular complexity index is 958. The molecule has 0 spiro atoms. The highest BCUT2D eigenvalue weighted by molar-refractivity contribution is 5.87. The third-order valence-corrected chi connectivity index (χ3v) is 9.48. The summed E-state index contributed by atoms with van der Waals surface area (Å²) in [4.78, 5) is 12.2. The first kappa shape index (κ1) is 35.3. The van der Waals surface area contributed by atoms with Crippen molar-refractivity contribution in [3.8, 4) is 5.75 Å². The van der Waals surface area contributed by atoms with Crippen LogP contribution in [0.2, 0.25) is 0 Å². The van der Waals surface area contributed by atoms with Crippen LogP contribution in [0.5, 0.6) is 5.75 Å². The summed E-state index contributed by atoms with van der Waals surface area (Å²) in [5.41, 5.74) is 1.74. The lowest BCUT2D eigenvalue weighted by Gasteiger charge is -2.38. The predicted molar refractivity (Wildman–Crippen MR) is 170 cm³/mol. The summed E-state index contributed by atoms with van der Waals surface area (Å²) in [6, 6.07) is 8.37. The number of carbonyl (C=O) groups excluding carboxylic acids is 1. The molecule has 2 aliphatic carbocycles. The third-order valence-electron chi connectivity index (χ3n) is 9.48. The molecule has 0 heterocycles. The fourth-order valence-electron chi connectivity index (χ4n) is 6.70. The van der Waals surface area contributed by atoms with Gasteiger partial charge in [-0.25, -0.2) is 4.79 Å². The Morgan fingerprint density at radius 1 is 0.930 bits per heavy atom. The third kappa shape index (κ3) is 12.0. The minimum atomic E-state index is -1.31. The van der Waals surface area contributed by atoms with Gasteiger partial charge in [0, 0.05) is 12.7 Å². The summed E-state index contributed by atoms with van der Waals surface area (Å²) in [6.45, 7) is 9.53. The second-order valence-electron chi connectivity index (χ2n) is 12.8. The number of benzene rings is 1. The Morgan fingerprint density at radius 2 is 1.58 bits per heavy atom. The summed E-state index contributed by atoms with van der Waals surface area (Å²) in [5, 5.41) is 19.2. The average Bonchev–Trinajstić information content (AvgIpc) is 3.04. The Labute approximate surface area is 259 Å². The monoisotopic (exact) mass is 600 g/mol. The van der Waals surface area contributed by atoms with Crippen molar-refractivity contribution in [2.45, 2.75) is 96.2 Å². The minimum absolute atomic E-state index is 0.0156. The molecule has 2 unspecified atom stereocenters. The molecule has 0 aromatic heterocycles. The quantitative estimate of drug-likeness (QED) is 0.0582. The highest BCUT2D eigenvalue weighted by atomic mass is 16.6. The zero-order valence-electron chi connectivity index (χ0n) is 26.6. The Kier molecular flexibility index (Phi) is 15.8. The van der Waals surface area contributed by atoms with Gasteiger partial charge in [0.15, 0.2) is 6.29 Å². The van der Waals surface area contributed by atoms with E-state index in [1.807, 2.05) is 12.1 Å². The van der Waals surface area contributed by atoms with E-state index in [1.54, 1.807) is 0 Å². The van der Waals surface area contributed by atoms with E-state index in [0.717, 1.165) is 23.5 Å². The summed E-state index contributed by atoms with van der Waals surface area (Å²) in [6.07, 6.45) is 15.3. The SMILES string of the molecule is C=C(COC)C(=O)OCC(COc1ccc(C2CCC(C3CCC(CCCCC)CC3)CC2)cc1)COC(O)C(=C)CO. The van der Waals surface area contributed by atoms with Crippen molar-refractivity contribution in [1.29, 1.82) is 0 Å². The molecular formula is C36H56O7. The fraction of sp³-hybridized carbons (Fsp3) is 0.694. The summed E-state index contributed by atoms with van der Waals surface area (Å²) in [7, 11) is 1.48. The molecule has 242 valence electrons. The maximum atomic E-state index is 12.2. The van der Waals surface area contributed by atoms with E-state index in [1.165, 1.54) is 89.7 Å². The Morgan fingerprint density at radius 3 is 2.19 bits per heavy atom. The molecule has 0 aliphatic heterocycles. The van der Waals surface area contributed by atoms with Crippen LogP contribution in [0.1, 0.15) is 95.5 Å². The van der Waals surface area contributed by atoms with Gasteiger partial charge in [-0.1, -0.05) is 70.7 Å². The Balaban J connectivity index is 1.44. The number of ether oxygens (including phenoxy) is 4. The molecule has 0 saturated heterocycles. The van der Waals surface area contributed by atoms with Gasteiger partial charge < -0.3 is 29.2 Å². The first-order valence-electron chi connectivity index (χ1n) is 16.5. The van der Waals surface area contributed by atoms with Crippen LogP contribution in [0.4, 0.5) is 0 Å². The van der Waals surface area contributed by atoms with Crippen LogP contribution in [0.3, 0.4) is 0 Å². The normalized spacial score (nSPS) is 23.7. The first-order valence-corrected chi connectivity index (χ1v) is 16.5. The number of rotatable bonds is 19. The molecule has 2 saturated carbocycles. The zero-order chi connectivity index (χ0) is 31.0. The first-order chi connectivity index (χ1) is 20.8. The van der Waals surface area contributed by atoms with Crippen LogP contribution in [-0.4, -0.2) is 62.6 Å². The number of esters is 1. The molecule has 0 bridgehead atoms. The topological polar surface area (TPSA) is 94.5 Å². The van der Waals surface area contributed by atoms with E-state index < -0.39 is 12.3 Å². The Hall–Kier alpha value is -2.19. The van der Waals surface area contributed by atoms with Gasteiger partial charge in [0.05, 0.1) is 44.5 Å². The van der Waals surface area contributed by atoms with Crippen molar-refractivity contribution >= 4 is 5.97 Å². The van der Waals surface area contributed by atoms with Gasteiger partial charge in [-0.2, -0.15) is 0 Å². The van der Waals surface area contributed by atoms with Crippen LogP contribution < -0.4 is 4.74 Å². The van der Waals surface area contributed by atoms with Crippen LogP contribution in [0, 0.1) is 23.7 Å². The van der Waals surface area contributed by atoms with E-state index in [4.69, 9.17) is 18.9 Å². The number of unbranched alkanes of at least 4 members (excludes halogenated alkanes) is 2. The number of methoxy groups -OCH3 is 1. The molecule has 1 aromatic rings. The van der Waals surface area contributed by atoms with Crippen molar-refractivity contribution in [2.75, 3.05) is 40.1 Å². The van der Waals surface area contributed by atoms with E-state index >= 15 is 0 Å². The standard InChI is InChI=1S/C36H56O7/c1-5-6-7-8-28-9-11-30(12-10-28)31-13-15-32(16-14-31)33-17-19-34(20-18-33)41-23-29(24-42-35(38)26(2)21-37)25-43-36(39)27(3)22-40-4/h17-20,28-32,35,37-38H,2-3,5-16,21-25H2,1,4H3. The molecule has 43 heavy (non-hydrogen) atoms. The van der Waals surface area contributed by atoms with E-state index in [0.29, 0.717) is 5.92 Å². The minimum Gasteiger partial charge on any atom is -0.493 e. The number of aliphatic hydroxyl groups is 2. The lowest BCUT2D eigenvalue weighted by atomic mass is 9.68. The molecule has 2 N–H and O–H groups in total. The van der Waals surface area contributed by atoms with Gasteiger partial charge in [0.25, 0.3) is 0 Å². The second kappa shape index (κ2) is 19.3. The number of aliphatic hydroxyl groups excluding tert-OH is 2. The zero-order valence-corrected chi connectivity index (χ0v) is 26.6. The largest absolute Gasteiger partial charge is 0.493 e. The number of carbonyl (C=O) groups is 1. The molecule has 2 atom stereocenters.